The van der Waals surface area contributed by atoms with Crippen LogP contribution in [0.15, 0.2) is 23.6 Å². The minimum Gasteiger partial charge on any atom is -0.495 e. The number of nitrogens with one attached hydrogen (secondary N) is 2. The van der Waals surface area contributed by atoms with Crippen LogP contribution in [-0.2, 0) is 4.79 Å². The molecule has 1 aromatic heterocycles. The first-order valence-corrected chi connectivity index (χ1v) is 8.05. The van der Waals surface area contributed by atoms with Crippen LogP contribution in [0.3, 0.4) is 0 Å². The summed E-state index contributed by atoms with van der Waals surface area (Å²) in [5, 5.41) is 8.80. The third kappa shape index (κ3) is 3.97. The highest BCUT2D eigenvalue weighted by Gasteiger charge is 2.14. The van der Waals surface area contributed by atoms with Gasteiger partial charge in [0.25, 0.3) is 0 Å². The van der Waals surface area contributed by atoms with Crippen molar-refractivity contribution in [2.75, 3.05) is 26.0 Å². The summed E-state index contributed by atoms with van der Waals surface area (Å²) in [6.45, 7) is 2.49. The Hall–Kier alpha value is -1.63. The van der Waals surface area contributed by atoms with Gasteiger partial charge in [-0.25, -0.2) is 4.98 Å². The number of benzene rings is 1. The fraction of sp³-hybridized carbons (Fsp3) is 0.333. The lowest BCUT2D eigenvalue weighted by atomic mass is 10.1. The molecule has 0 spiro atoms. The Bertz CT molecular complexity index is 660. The number of aromatic nitrogens is 1. The largest absolute Gasteiger partial charge is 0.495 e. The number of ether oxygens (including phenoxy) is 1. The van der Waals surface area contributed by atoms with E-state index in [2.05, 4.69) is 15.6 Å². The van der Waals surface area contributed by atoms with Crippen LogP contribution in [0.5, 0.6) is 5.75 Å². The third-order valence-corrected chi connectivity index (χ3v) is 4.19. The van der Waals surface area contributed by atoms with Crippen molar-refractivity contribution < 1.29 is 9.53 Å². The summed E-state index contributed by atoms with van der Waals surface area (Å²) in [5.74, 6) is 0.450. The molecule has 0 radical (unpaired) electrons. The molecule has 1 aromatic carbocycles. The van der Waals surface area contributed by atoms with Gasteiger partial charge in [-0.3, -0.25) is 4.79 Å². The molecular weight excluding hydrogens is 322 g/mol. The van der Waals surface area contributed by atoms with E-state index in [1.54, 1.807) is 19.2 Å². The summed E-state index contributed by atoms with van der Waals surface area (Å²) in [6.07, 6.45) is 0. The van der Waals surface area contributed by atoms with Crippen molar-refractivity contribution in [1.82, 2.24) is 10.3 Å². The molecule has 2 rings (SSSR count). The Morgan fingerprint density at radius 3 is 2.91 bits per heavy atom. The van der Waals surface area contributed by atoms with Crippen LogP contribution in [-0.4, -0.2) is 31.6 Å². The number of amides is 1. The minimum absolute atomic E-state index is 0.0528. The fourth-order valence-corrected chi connectivity index (χ4v) is 2.90. The lowest BCUT2D eigenvalue weighted by Crippen LogP contribution is -2.28. The molecule has 0 fully saturated rings. The molecule has 2 N–H and O–H groups in total. The van der Waals surface area contributed by atoms with E-state index in [1.807, 2.05) is 25.4 Å². The van der Waals surface area contributed by atoms with Gasteiger partial charge in [0, 0.05) is 23.4 Å². The molecule has 1 heterocycles. The van der Waals surface area contributed by atoms with E-state index in [0.717, 1.165) is 11.3 Å². The van der Waals surface area contributed by atoms with Crippen LogP contribution >= 0.6 is 22.9 Å². The van der Waals surface area contributed by atoms with Gasteiger partial charge in [-0.1, -0.05) is 18.5 Å². The topological polar surface area (TPSA) is 63.2 Å². The number of rotatable bonds is 6. The van der Waals surface area contributed by atoms with Crippen LogP contribution in [0.1, 0.15) is 6.92 Å². The molecule has 2 aromatic rings. The van der Waals surface area contributed by atoms with Gasteiger partial charge in [-0.15, -0.1) is 11.3 Å². The van der Waals surface area contributed by atoms with E-state index in [9.17, 15) is 4.79 Å². The summed E-state index contributed by atoms with van der Waals surface area (Å²) < 4.78 is 5.13. The standard InChI is InChI=1S/C15H18ClN3O2S/c1-9(7-17-2)14(20)19-15-18-12(8-22-15)10-4-5-13(21-3)11(16)6-10/h4-6,8-9,17H,7H2,1-3H3,(H,18,19,20). The van der Waals surface area contributed by atoms with E-state index in [1.165, 1.54) is 11.3 Å². The minimum atomic E-state index is -0.118. The number of halogens is 1. The SMILES string of the molecule is CNCC(C)C(=O)Nc1nc(-c2ccc(OC)c(Cl)c2)cs1. The highest BCUT2D eigenvalue weighted by molar-refractivity contribution is 7.14. The second-order valence-corrected chi connectivity index (χ2v) is 6.10. The van der Waals surface area contributed by atoms with Crippen molar-refractivity contribution in [1.29, 1.82) is 0 Å². The summed E-state index contributed by atoms with van der Waals surface area (Å²) >= 11 is 7.51. The molecule has 0 saturated heterocycles. The Balaban J connectivity index is 2.11. The molecule has 0 saturated carbocycles. The predicted octanol–water partition coefficient (Wildman–Crippen LogP) is 3.27. The molecule has 0 aliphatic carbocycles. The highest BCUT2D eigenvalue weighted by atomic mass is 35.5. The molecule has 1 unspecified atom stereocenters. The van der Waals surface area contributed by atoms with Crippen LogP contribution < -0.4 is 15.4 Å². The molecule has 1 amide bonds. The summed E-state index contributed by atoms with van der Waals surface area (Å²) in [7, 11) is 3.39. The van der Waals surface area contributed by atoms with Crippen molar-refractivity contribution in [2.45, 2.75) is 6.92 Å². The van der Waals surface area contributed by atoms with Crippen molar-refractivity contribution >= 4 is 34.0 Å². The Morgan fingerprint density at radius 1 is 1.50 bits per heavy atom. The first kappa shape index (κ1) is 16.7. The Morgan fingerprint density at radius 2 is 2.27 bits per heavy atom. The van der Waals surface area contributed by atoms with E-state index in [-0.39, 0.29) is 11.8 Å². The predicted molar refractivity (Wildman–Crippen MR) is 90.8 cm³/mol. The molecule has 5 nitrogen and oxygen atoms in total. The van der Waals surface area contributed by atoms with Gasteiger partial charge >= 0.3 is 0 Å². The second-order valence-electron chi connectivity index (χ2n) is 4.84. The van der Waals surface area contributed by atoms with Crippen molar-refractivity contribution in [3.63, 3.8) is 0 Å². The van der Waals surface area contributed by atoms with Crippen molar-refractivity contribution in [3.05, 3.63) is 28.6 Å². The smallest absolute Gasteiger partial charge is 0.230 e. The first-order valence-electron chi connectivity index (χ1n) is 6.80. The fourth-order valence-electron chi connectivity index (χ4n) is 1.92. The first-order chi connectivity index (χ1) is 10.5. The molecule has 7 heteroatoms. The zero-order chi connectivity index (χ0) is 16.1. The molecule has 1 atom stereocenters. The molecule has 0 bridgehead atoms. The number of anilines is 1. The molecule has 0 aliphatic rings. The van der Waals surface area contributed by atoms with Crippen molar-refractivity contribution in [3.8, 4) is 17.0 Å². The molecule has 22 heavy (non-hydrogen) atoms. The molecule has 0 aliphatic heterocycles. The van der Waals surface area contributed by atoms with E-state index in [4.69, 9.17) is 16.3 Å². The maximum Gasteiger partial charge on any atom is 0.230 e. The Labute approximate surface area is 138 Å². The van der Waals surface area contributed by atoms with Gasteiger partial charge in [0.15, 0.2) is 5.13 Å². The number of methoxy groups -OCH3 is 1. The van der Waals surface area contributed by atoms with Gasteiger partial charge < -0.3 is 15.4 Å². The van der Waals surface area contributed by atoms with Crippen molar-refractivity contribution in [2.24, 2.45) is 5.92 Å². The monoisotopic (exact) mass is 339 g/mol. The average molecular weight is 340 g/mol. The lowest BCUT2D eigenvalue weighted by molar-refractivity contribution is -0.119. The lowest BCUT2D eigenvalue weighted by Gasteiger charge is -2.09. The van der Waals surface area contributed by atoms with Crippen LogP contribution in [0.25, 0.3) is 11.3 Å². The quantitative estimate of drug-likeness (QED) is 0.848. The van der Waals surface area contributed by atoms with Gasteiger partial charge in [0.1, 0.15) is 5.75 Å². The van der Waals surface area contributed by atoms with Gasteiger partial charge in [-0.2, -0.15) is 0 Å². The number of carbonyl (C=O) groups is 1. The highest BCUT2D eigenvalue weighted by Crippen LogP contribution is 2.31. The number of nitrogens with zero attached hydrogens (tertiary/aromatic N) is 1. The van der Waals surface area contributed by atoms with Crippen LogP contribution in [0.2, 0.25) is 5.02 Å². The van der Waals surface area contributed by atoms with Gasteiger partial charge in [0.05, 0.1) is 17.8 Å². The normalized spacial score (nSPS) is 12.0. The zero-order valence-corrected chi connectivity index (χ0v) is 14.2. The van der Waals surface area contributed by atoms with Crippen LogP contribution in [0, 0.1) is 5.92 Å². The third-order valence-electron chi connectivity index (χ3n) is 3.14. The number of hydrogen-bond donors (Lipinski definition) is 2. The van der Waals surface area contributed by atoms with E-state index >= 15 is 0 Å². The molecular formula is C15H18ClN3O2S. The van der Waals surface area contributed by atoms with Crippen LogP contribution in [0.4, 0.5) is 5.13 Å². The summed E-state index contributed by atoms with van der Waals surface area (Å²) in [4.78, 5) is 16.4. The molecule has 118 valence electrons. The Kier molecular flexibility index (Phi) is 5.76. The maximum atomic E-state index is 12.0. The second kappa shape index (κ2) is 7.58. The zero-order valence-electron chi connectivity index (χ0n) is 12.6. The summed E-state index contributed by atoms with van der Waals surface area (Å²) in [6, 6.07) is 5.48. The number of carbonyl (C=O) groups excluding carboxylic acids is 1. The number of thiazole rings is 1. The van der Waals surface area contributed by atoms with E-state index < -0.39 is 0 Å². The van der Waals surface area contributed by atoms with E-state index in [0.29, 0.717) is 22.4 Å². The average Bonchev–Trinajstić information content (AvgIpc) is 2.95. The number of hydrogen-bond acceptors (Lipinski definition) is 5. The van der Waals surface area contributed by atoms with Gasteiger partial charge in [-0.05, 0) is 25.2 Å². The van der Waals surface area contributed by atoms with Gasteiger partial charge in [0.2, 0.25) is 5.91 Å². The summed E-state index contributed by atoms with van der Waals surface area (Å²) in [5.41, 5.74) is 1.65. The maximum absolute atomic E-state index is 12.0.